The molecule has 0 atom stereocenters. The molecule has 0 nitrogen and oxygen atoms in total. The average molecular weight is 162 g/mol. The van der Waals surface area contributed by atoms with E-state index in [2.05, 4.69) is 44.2 Å². The third kappa shape index (κ3) is 2.69. The van der Waals surface area contributed by atoms with Crippen molar-refractivity contribution >= 4 is 0 Å². The van der Waals surface area contributed by atoms with Crippen molar-refractivity contribution in [3.8, 4) is 0 Å². The molecular weight excluding hydrogens is 144 g/mol. The predicted molar refractivity (Wildman–Crippen MR) is 55.1 cm³/mol. The van der Waals surface area contributed by atoms with Crippen LogP contribution in [0.2, 0.25) is 0 Å². The van der Waals surface area contributed by atoms with Gasteiger partial charge in [0.2, 0.25) is 0 Å². The predicted octanol–water partition coefficient (Wildman–Crippen LogP) is 3.87. The van der Waals surface area contributed by atoms with E-state index in [4.69, 9.17) is 0 Å². The summed E-state index contributed by atoms with van der Waals surface area (Å²) in [5.74, 6) is 0.875. The van der Waals surface area contributed by atoms with Crippen molar-refractivity contribution in [2.45, 2.75) is 33.1 Å². The first kappa shape index (κ1) is 9.31. The van der Waals surface area contributed by atoms with Gasteiger partial charge in [0.1, 0.15) is 0 Å². The van der Waals surface area contributed by atoms with Crippen LogP contribution < -0.4 is 0 Å². The molecule has 0 heterocycles. The summed E-state index contributed by atoms with van der Waals surface area (Å²) in [4.78, 5) is 0. The molecule has 1 aliphatic carbocycles. The highest BCUT2D eigenvalue weighted by Gasteiger charge is 2.00. The quantitative estimate of drug-likeness (QED) is 0.588. The second-order valence-electron chi connectivity index (χ2n) is 3.34. The molecule has 0 saturated heterocycles. The van der Waals surface area contributed by atoms with Crippen molar-refractivity contribution in [3.63, 3.8) is 0 Å². The van der Waals surface area contributed by atoms with Crippen LogP contribution in [-0.4, -0.2) is 0 Å². The zero-order valence-corrected chi connectivity index (χ0v) is 8.09. The van der Waals surface area contributed by atoms with Crippen LogP contribution in [0.25, 0.3) is 0 Å². The van der Waals surface area contributed by atoms with Gasteiger partial charge in [-0.15, -0.1) is 0 Å². The minimum Gasteiger partial charge on any atom is -0.0770 e. The average Bonchev–Trinajstić information content (AvgIpc) is 2.59. The lowest BCUT2D eigenvalue weighted by atomic mass is 9.98. The summed E-state index contributed by atoms with van der Waals surface area (Å²) in [6.45, 7) is 4.54. The van der Waals surface area contributed by atoms with Crippen molar-refractivity contribution in [3.05, 3.63) is 36.0 Å². The van der Waals surface area contributed by atoms with Crippen LogP contribution in [0.3, 0.4) is 0 Å². The molecule has 1 aliphatic rings. The van der Waals surface area contributed by atoms with Gasteiger partial charge < -0.3 is 0 Å². The van der Waals surface area contributed by atoms with Crippen molar-refractivity contribution in [1.82, 2.24) is 0 Å². The lowest BCUT2D eigenvalue weighted by Crippen LogP contribution is -1.93. The monoisotopic (exact) mass is 162 g/mol. The molecular formula is C12H18. The van der Waals surface area contributed by atoms with Gasteiger partial charge in [-0.3, -0.25) is 0 Å². The first-order chi connectivity index (χ1) is 5.86. The van der Waals surface area contributed by atoms with Gasteiger partial charge in [0.15, 0.2) is 0 Å². The summed E-state index contributed by atoms with van der Waals surface area (Å²) in [6.07, 6.45) is 14.7. The Morgan fingerprint density at radius 3 is 2.25 bits per heavy atom. The van der Waals surface area contributed by atoms with E-state index in [1.165, 1.54) is 24.8 Å². The van der Waals surface area contributed by atoms with Crippen LogP contribution in [0.4, 0.5) is 0 Å². The Labute approximate surface area is 75.7 Å². The third-order valence-corrected chi connectivity index (χ3v) is 2.53. The van der Waals surface area contributed by atoms with Crippen LogP contribution in [0.5, 0.6) is 0 Å². The lowest BCUT2D eigenvalue weighted by molar-refractivity contribution is 0.499. The van der Waals surface area contributed by atoms with E-state index >= 15 is 0 Å². The van der Waals surface area contributed by atoms with Gasteiger partial charge in [0, 0.05) is 0 Å². The zero-order valence-electron chi connectivity index (χ0n) is 8.09. The van der Waals surface area contributed by atoms with E-state index in [0.29, 0.717) is 0 Å². The number of hydrogen-bond donors (Lipinski definition) is 0. The van der Waals surface area contributed by atoms with E-state index in [0.717, 1.165) is 5.92 Å². The SMILES string of the molecule is CCC(CC)CC=C1C=CC=C1. The molecule has 0 fully saturated rings. The normalized spacial score (nSPS) is 14.8. The maximum absolute atomic E-state index is 2.34. The summed E-state index contributed by atoms with van der Waals surface area (Å²) < 4.78 is 0. The van der Waals surface area contributed by atoms with Gasteiger partial charge in [-0.05, 0) is 17.9 Å². The molecule has 0 aromatic carbocycles. The molecule has 0 radical (unpaired) electrons. The summed E-state index contributed by atoms with van der Waals surface area (Å²) >= 11 is 0. The van der Waals surface area contributed by atoms with Crippen molar-refractivity contribution in [1.29, 1.82) is 0 Å². The summed E-state index contributed by atoms with van der Waals surface area (Å²) in [6, 6.07) is 0. The molecule has 0 spiro atoms. The van der Waals surface area contributed by atoms with Crippen LogP contribution in [-0.2, 0) is 0 Å². The summed E-state index contributed by atoms with van der Waals surface area (Å²) in [7, 11) is 0. The van der Waals surface area contributed by atoms with E-state index in [-0.39, 0.29) is 0 Å². The fourth-order valence-electron chi connectivity index (χ4n) is 1.45. The molecule has 0 aromatic heterocycles. The molecule has 0 unspecified atom stereocenters. The van der Waals surface area contributed by atoms with Gasteiger partial charge in [-0.25, -0.2) is 0 Å². The molecule has 66 valence electrons. The summed E-state index contributed by atoms with van der Waals surface area (Å²) in [5.41, 5.74) is 1.38. The van der Waals surface area contributed by atoms with E-state index < -0.39 is 0 Å². The maximum atomic E-state index is 2.34. The fourth-order valence-corrected chi connectivity index (χ4v) is 1.45. The minimum atomic E-state index is 0.875. The molecule has 0 N–H and O–H groups in total. The fraction of sp³-hybridized carbons (Fsp3) is 0.500. The molecule has 0 amide bonds. The molecule has 0 saturated carbocycles. The number of rotatable bonds is 4. The second-order valence-corrected chi connectivity index (χ2v) is 3.34. The second kappa shape index (κ2) is 4.97. The van der Waals surface area contributed by atoms with Gasteiger partial charge in [-0.2, -0.15) is 0 Å². The Balaban J connectivity index is 2.36. The number of allylic oxidation sites excluding steroid dienone is 6. The largest absolute Gasteiger partial charge is 0.0770 e. The van der Waals surface area contributed by atoms with Crippen molar-refractivity contribution in [2.75, 3.05) is 0 Å². The van der Waals surface area contributed by atoms with Gasteiger partial charge in [-0.1, -0.05) is 57.1 Å². The van der Waals surface area contributed by atoms with Crippen LogP contribution in [0.1, 0.15) is 33.1 Å². The first-order valence-electron chi connectivity index (χ1n) is 4.91. The minimum absolute atomic E-state index is 0.875. The van der Waals surface area contributed by atoms with Gasteiger partial charge in [0.25, 0.3) is 0 Å². The number of hydrogen-bond acceptors (Lipinski definition) is 0. The standard InChI is InChI=1S/C12H18/c1-3-11(4-2)9-10-12-7-5-6-8-12/h5-8,10-11H,3-4,9H2,1-2H3. The van der Waals surface area contributed by atoms with Gasteiger partial charge in [0.05, 0.1) is 0 Å². The first-order valence-corrected chi connectivity index (χ1v) is 4.91. The molecule has 0 bridgehead atoms. The molecule has 0 aromatic rings. The van der Waals surface area contributed by atoms with E-state index in [1.54, 1.807) is 0 Å². The van der Waals surface area contributed by atoms with Crippen molar-refractivity contribution in [2.24, 2.45) is 5.92 Å². The molecule has 12 heavy (non-hydrogen) atoms. The highest BCUT2D eigenvalue weighted by atomic mass is 14.1. The van der Waals surface area contributed by atoms with E-state index in [9.17, 15) is 0 Å². The smallest absolute Gasteiger partial charge is 0.0297 e. The van der Waals surface area contributed by atoms with Crippen LogP contribution in [0.15, 0.2) is 36.0 Å². The Morgan fingerprint density at radius 2 is 1.75 bits per heavy atom. The van der Waals surface area contributed by atoms with Crippen LogP contribution >= 0.6 is 0 Å². The Kier molecular flexibility index (Phi) is 3.86. The molecule has 0 aliphatic heterocycles. The Bertz CT molecular complexity index is 188. The maximum Gasteiger partial charge on any atom is -0.0297 e. The van der Waals surface area contributed by atoms with Crippen LogP contribution in [0, 0.1) is 5.92 Å². The third-order valence-electron chi connectivity index (χ3n) is 2.53. The topological polar surface area (TPSA) is 0 Å². The lowest BCUT2D eigenvalue weighted by Gasteiger charge is -2.08. The molecule has 0 heteroatoms. The highest BCUT2D eigenvalue weighted by Crippen LogP contribution is 2.16. The Morgan fingerprint density at radius 1 is 1.17 bits per heavy atom. The highest BCUT2D eigenvalue weighted by molar-refractivity contribution is 5.39. The van der Waals surface area contributed by atoms with Gasteiger partial charge >= 0.3 is 0 Å². The molecule has 1 rings (SSSR count). The van der Waals surface area contributed by atoms with E-state index in [1.807, 2.05) is 0 Å². The summed E-state index contributed by atoms with van der Waals surface area (Å²) in [5, 5.41) is 0. The zero-order chi connectivity index (χ0) is 8.81. The Hall–Kier alpha value is -0.780. The van der Waals surface area contributed by atoms with Crippen molar-refractivity contribution < 1.29 is 0 Å².